The summed E-state index contributed by atoms with van der Waals surface area (Å²) in [5.41, 5.74) is 6.37. The fraction of sp³-hybridized carbons (Fsp3) is 0.750. The third kappa shape index (κ3) is 6.19. The number of aliphatic carboxylic acids is 1. The van der Waals surface area contributed by atoms with Crippen molar-refractivity contribution in [1.29, 1.82) is 0 Å². The van der Waals surface area contributed by atoms with Gasteiger partial charge in [-0.2, -0.15) is 0 Å². The molecule has 13 heteroatoms. The quantitative estimate of drug-likeness (QED) is 0.177. The molecule has 3 aliphatic heterocycles. The maximum Gasteiger partial charge on any atom is 0.334 e. The molecule has 1 fully saturated rings. The smallest absolute Gasteiger partial charge is 0.334 e. The number of ether oxygens (including phenoxy) is 3. The third-order valence-electron chi connectivity index (χ3n) is 5.93. The second kappa shape index (κ2) is 10.8. The number of rotatable bonds is 10. The fourth-order valence-electron chi connectivity index (χ4n) is 3.99. The van der Waals surface area contributed by atoms with Gasteiger partial charge in [-0.3, -0.25) is 4.79 Å². The van der Waals surface area contributed by atoms with E-state index >= 15 is 0 Å². The lowest BCUT2D eigenvalue weighted by Crippen LogP contribution is -2.53. The molecule has 3 rings (SSSR count). The lowest BCUT2D eigenvalue weighted by Gasteiger charge is -2.35. The summed E-state index contributed by atoms with van der Waals surface area (Å²) in [5, 5.41) is 48.9. The number of carbonyl (C=O) groups excluding carboxylic acids is 1. The van der Waals surface area contributed by atoms with Gasteiger partial charge in [0.25, 0.3) is 0 Å². The predicted molar refractivity (Wildman–Crippen MR) is 111 cm³/mol. The molecular formula is C20H31N3O10. The third-order valence-corrected chi connectivity index (χ3v) is 5.93. The number of guanidine groups is 1. The van der Waals surface area contributed by atoms with E-state index in [1.165, 1.54) is 0 Å². The Morgan fingerprint density at radius 1 is 1.36 bits per heavy atom. The van der Waals surface area contributed by atoms with Crippen LogP contribution in [-0.2, 0) is 23.8 Å². The summed E-state index contributed by atoms with van der Waals surface area (Å²) in [6, 6.07) is -0.669. The minimum Gasteiger partial charge on any atom is -0.481 e. The van der Waals surface area contributed by atoms with Crippen molar-refractivity contribution >= 4 is 17.9 Å². The van der Waals surface area contributed by atoms with E-state index in [1.54, 1.807) is 17.9 Å². The number of hydrogen-bond donors (Lipinski definition) is 6. The second-order valence-electron chi connectivity index (χ2n) is 8.50. The molecule has 186 valence electrons. The lowest BCUT2D eigenvalue weighted by molar-refractivity contribution is -0.270. The second-order valence-corrected chi connectivity index (χ2v) is 8.50. The van der Waals surface area contributed by atoms with E-state index < -0.39 is 60.7 Å². The van der Waals surface area contributed by atoms with Crippen LogP contribution < -0.4 is 5.73 Å². The fourth-order valence-corrected chi connectivity index (χ4v) is 3.99. The summed E-state index contributed by atoms with van der Waals surface area (Å²) in [6.45, 7) is 1.67. The maximum absolute atomic E-state index is 11.8. The molecular weight excluding hydrogens is 442 g/mol. The van der Waals surface area contributed by atoms with E-state index in [2.05, 4.69) is 4.99 Å². The molecule has 0 amide bonds. The van der Waals surface area contributed by atoms with Gasteiger partial charge >= 0.3 is 11.9 Å². The van der Waals surface area contributed by atoms with Crippen molar-refractivity contribution in [3.63, 3.8) is 0 Å². The number of nitrogens with two attached hydrogens (primary N) is 1. The van der Waals surface area contributed by atoms with Crippen molar-refractivity contribution in [2.45, 2.75) is 62.6 Å². The number of hydrogen-bond acceptors (Lipinski definition) is 12. The summed E-state index contributed by atoms with van der Waals surface area (Å²) >= 11 is 0. The Morgan fingerprint density at radius 3 is 2.73 bits per heavy atom. The molecule has 0 aromatic carbocycles. The van der Waals surface area contributed by atoms with E-state index in [0.717, 1.165) is 0 Å². The van der Waals surface area contributed by atoms with Crippen molar-refractivity contribution in [3.05, 3.63) is 11.6 Å². The molecule has 33 heavy (non-hydrogen) atoms. The van der Waals surface area contributed by atoms with E-state index in [4.69, 9.17) is 19.9 Å². The number of carboxylic acid groups (broad SMARTS) is 1. The Bertz CT molecular complexity index is 790. The van der Waals surface area contributed by atoms with Crippen LogP contribution in [0.5, 0.6) is 0 Å². The Morgan fingerprint density at radius 2 is 2.09 bits per heavy atom. The minimum atomic E-state index is -1.42. The zero-order valence-electron chi connectivity index (χ0n) is 18.2. The van der Waals surface area contributed by atoms with E-state index in [9.17, 15) is 35.1 Å². The van der Waals surface area contributed by atoms with Crippen LogP contribution in [0.3, 0.4) is 0 Å². The highest BCUT2D eigenvalue weighted by Gasteiger charge is 2.39. The molecule has 0 saturated carbocycles. The van der Waals surface area contributed by atoms with Crippen LogP contribution in [-0.4, -0.2) is 117 Å². The van der Waals surface area contributed by atoms with Crippen LogP contribution in [0.25, 0.3) is 0 Å². The first-order valence-corrected chi connectivity index (χ1v) is 10.7. The topological polar surface area (TPSA) is 205 Å². The Labute approximate surface area is 190 Å². The highest BCUT2D eigenvalue weighted by atomic mass is 16.7. The van der Waals surface area contributed by atoms with E-state index in [-0.39, 0.29) is 45.1 Å². The molecule has 0 bridgehead atoms. The minimum absolute atomic E-state index is 0.00346. The van der Waals surface area contributed by atoms with Gasteiger partial charge in [-0.1, -0.05) is 0 Å². The standard InChI is InChI=1S/C20H31N3O10/c1-9-4-11(33-18(9)30)5-12(17(28)29)13-7-23(20(21)22-13)6-10(24)2-3-31-19-16(27)15(26)14(25)8-32-19/h4,10-16,19,24-27H,2-3,5-8H2,1H3,(H2,21,22)(H,28,29)/t10?,11-,12+,13-,14+,15-,16+,19-/m0/s1. The van der Waals surface area contributed by atoms with Gasteiger partial charge in [-0.25, -0.2) is 9.79 Å². The van der Waals surface area contributed by atoms with Crippen molar-refractivity contribution in [3.8, 4) is 0 Å². The molecule has 3 aliphatic rings. The molecule has 13 nitrogen and oxygen atoms in total. The maximum atomic E-state index is 11.8. The Hall–Kier alpha value is -2.29. The van der Waals surface area contributed by atoms with Gasteiger partial charge < -0.3 is 50.4 Å². The number of esters is 1. The average Bonchev–Trinajstić information content (AvgIpc) is 3.26. The van der Waals surface area contributed by atoms with Crippen LogP contribution in [0.4, 0.5) is 0 Å². The number of carbonyl (C=O) groups is 2. The van der Waals surface area contributed by atoms with Crippen LogP contribution >= 0.6 is 0 Å². The Balaban J connectivity index is 1.45. The number of aliphatic hydroxyl groups is 4. The molecule has 0 aromatic heterocycles. The van der Waals surface area contributed by atoms with Crippen molar-refractivity contribution < 1.29 is 49.3 Å². The summed E-state index contributed by atoms with van der Waals surface area (Å²) in [6.07, 6.45) is -4.88. The number of aliphatic imine (C=N–C) groups is 1. The van der Waals surface area contributed by atoms with Crippen molar-refractivity contribution in [1.82, 2.24) is 4.90 Å². The Kier molecular flexibility index (Phi) is 8.26. The summed E-state index contributed by atoms with van der Waals surface area (Å²) < 4.78 is 15.6. The number of β-amino-alcohol motifs (C(OH)–C–C–N with tert-alkyl or cyclic N) is 1. The van der Waals surface area contributed by atoms with Crippen LogP contribution in [0.2, 0.25) is 0 Å². The molecule has 0 radical (unpaired) electrons. The van der Waals surface area contributed by atoms with E-state index in [1.807, 2.05) is 0 Å². The van der Waals surface area contributed by atoms with Crippen LogP contribution in [0.1, 0.15) is 19.8 Å². The van der Waals surface area contributed by atoms with Gasteiger partial charge in [0.2, 0.25) is 0 Å². The highest BCUT2D eigenvalue weighted by Crippen LogP contribution is 2.26. The van der Waals surface area contributed by atoms with Crippen molar-refractivity contribution in [2.24, 2.45) is 16.6 Å². The zero-order chi connectivity index (χ0) is 24.3. The van der Waals surface area contributed by atoms with Crippen molar-refractivity contribution in [2.75, 3.05) is 26.3 Å². The van der Waals surface area contributed by atoms with Gasteiger partial charge in [0.1, 0.15) is 24.4 Å². The normalized spacial score (nSPS) is 34.0. The first-order chi connectivity index (χ1) is 15.6. The zero-order valence-corrected chi connectivity index (χ0v) is 18.2. The van der Waals surface area contributed by atoms with E-state index in [0.29, 0.717) is 5.57 Å². The molecule has 0 aliphatic carbocycles. The van der Waals surface area contributed by atoms with Gasteiger partial charge in [0, 0.05) is 25.1 Å². The molecule has 3 heterocycles. The lowest BCUT2D eigenvalue weighted by atomic mass is 9.93. The molecule has 0 aromatic rings. The highest BCUT2D eigenvalue weighted by molar-refractivity contribution is 5.90. The summed E-state index contributed by atoms with van der Waals surface area (Å²) in [5.74, 6) is -2.38. The number of aliphatic hydroxyl groups excluding tert-OH is 4. The summed E-state index contributed by atoms with van der Waals surface area (Å²) in [7, 11) is 0. The van der Waals surface area contributed by atoms with Crippen LogP contribution in [0, 0.1) is 5.92 Å². The molecule has 0 spiro atoms. The van der Waals surface area contributed by atoms with Crippen LogP contribution in [0.15, 0.2) is 16.6 Å². The first kappa shape index (κ1) is 25.3. The van der Waals surface area contributed by atoms with Gasteiger partial charge in [0.15, 0.2) is 12.2 Å². The van der Waals surface area contributed by atoms with Gasteiger partial charge in [0.05, 0.1) is 31.3 Å². The first-order valence-electron chi connectivity index (χ1n) is 10.7. The number of nitrogens with zero attached hydrogens (tertiary/aromatic N) is 2. The number of carboxylic acids is 1. The average molecular weight is 473 g/mol. The molecule has 1 unspecified atom stereocenters. The molecule has 1 saturated heterocycles. The number of cyclic esters (lactones) is 1. The summed E-state index contributed by atoms with van der Waals surface area (Å²) in [4.78, 5) is 29.2. The largest absolute Gasteiger partial charge is 0.481 e. The van der Waals surface area contributed by atoms with Gasteiger partial charge in [-0.15, -0.1) is 0 Å². The monoisotopic (exact) mass is 473 g/mol. The molecule has 7 N–H and O–H groups in total. The molecule has 8 atom stereocenters. The SMILES string of the molecule is CC1=C[C@@H](C[C@@H](C(=O)O)[C@@H]2CN(CC(O)CCO[C@H]3OC[C@@H](O)[C@H](O)[C@H]3O)C(N)=N2)OC1=O. The predicted octanol–water partition coefficient (Wildman–Crippen LogP) is -2.85. The van der Waals surface area contributed by atoms with Gasteiger partial charge in [-0.05, 0) is 19.4 Å².